The molecule has 1 aliphatic rings. The number of nitrogens with one attached hydrogen (secondary N) is 3. The maximum absolute atomic E-state index is 13.0. The second-order valence-electron chi connectivity index (χ2n) is 8.98. The van der Waals surface area contributed by atoms with Gasteiger partial charge in [-0.3, -0.25) is 15.6 Å². The Bertz CT molecular complexity index is 1510. The highest BCUT2D eigenvalue weighted by molar-refractivity contribution is 5.96. The Labute approximate surface area is 231 Å². The lowest BCUT2D eigenvalue weighted by atomic mass is 10.1. The van der Waals surface area contributed by atoms with Crippen molar-refractivity contribution in [1.29, 1.82) is 0 Å². The molecule has 0 radical (unpaired) electrons. The van der Waals surface area contributed by atoms with Gasteiger partial charge in [-0.15, -0.1) is 0 Å². The lowest BCUT2D eigenvalue weighted by Gasteiger charge is -2.22. The number of ether oxygens (including phenoxy) is 4. The van der Waals surface area contributed by atoms with Gasteiger partial charge in [-0.1, -0.05) is 18.2 Å². The van der Waals surface area contributed by atoms with Gasteiger partial charge < -0.3 is 34.4 Å². The van der Waals surface area contributed by atoms with E-state index < -0.39 is 6.04 Å². The summed E-state index contributed by atoms with van der Waals surface area (Å²) in [6.07, 6.45) is 2.05. The van der Waals surface area contributed by atoms with E-state index in [0.717, 1.165) is 22.2 Å². The number of carbonyl (C=O) groups is 1. The molecule has 40 heavy (non-hydrogen) atoms. The molecule has 5 N–H and O–H groups in total. The van der Waals surface area contributed by atoms with Crippen LogP contribution in [0.4, 0.5) is 11.4 Å². The summed E-state index contributed by atoms with van der Waals surface area (Å²) >= 11 is 0. The zero-order valence-corrected chi connectivity index (χ0v) is 22.6. The van der Waals surface area contributed by atoms with Crippen molar-refractivity contribution < 1.29 is 28.2 Å². The van der Waals surface area contributed by atoms with Crippen LogP contribution in [0.25, 0.3) is 16.7 Å². The molecular formula is C29H31N5O6. The summed E-state index contributed by atoms with van der Waals surface area (Å²) in [5.74, 6) is 2.34. The van der Waals surface area contributed by atoms with Crippen molar-refractivity contribution in [1.82, 2.24) is 10.9 Å². The maximum Gasteiger partial charge on any atom is 0.241 e. The second-order valence-corrected chi connectivity index (χ2v) is 8.98. The fraction of sp³-hybridized carbons (Fsp3) is 0.207. The maximum atomic E-state index is 13.0. The third-order valence-corrected chi connectivity index (χ3v) is 6.48. The summed E-state index contributed by atoms with van der Waals surface area (Å²) in [5.41, 5.74) is 16.2. The molecule has 1 amide bonds. The van der Waals surface area contributed by atoms with Crippen LogP contribution in [0.1, 0.15) is 11.3 Å². The van der Waals surface area contributed by atoms with E-state index >= 15 is 0 Å². The van der Waals surface area contributed by atoms with E-state index in [2.05, 4.69) is 16.2 Å². The number of carbonyl (C=O) groups excluding carboxylic acids is 1. The smallest absolute Gasteiger partial charge is 0.241 e. The zero-order chi connectivity index (χ0) is 28.2. The van der Waals surface area contributed by atoms with Crippen LogP contribution in [0.5, 0.6) is 23.0 Å². The van der Waals surface area contributed by atoms with Gasteiger partial charge in [0.15, 0.2) is 11.5 Å². The third kappa shape index (κ3) is 5.27. The van der Waals surface area contributed by atoms with E-state index in [1.807, 2.05) is 48.5 Å². The van der Waals surface area contributed by atoms with Gasteiger partial charge >= 0.3 is 0 Å². The Hall–Kier alpha value is -5.03. The molecular weight excluding hydrogens is 514 g/mol. The first-order valence-corrected chi connectivity index (χ1v) is 12.5. The van der Waals surface area contributed by atoms with Crippen molar-refractivity contribution in [2.24, 2.45) is 5.73 Å². The summed E-state index contributed by atoms with van der Waals surface area (Å²) in [4.78, 5) is 13.0. The number of benzene rings is 3. The molecule has 0 fully saturated rings. The number of fused-ring (bicyclic) bond motifs is 1. The highest BCUT2D eigenvalue weighted by Crippen LogP contribution is 2.40. The molecule has 3 aromatic carbocycles. The molecule has 1 aliphatic heterocycles. The Morgan fingerprint density at radius 1 is 0.950 bits per heavy atom. The molecule has 0 saturated carbocycles. The van der Waals surface area contributed by atoms with Crippen LogP contribution in [-0.2, 0) is 11.2 Å². The van der Waals surface area contributed by atoms with Crippen LogP contribution in [0.15, 0.2) is 71.3 Å². The van der Waals surface area contributed by atoms with Crippen molar-refractivity contribution in [3.63, 3.8) is 0 Å². The molecule has 2 heterocycles. The van der Waals surface area contributed by atoms with Crippen LogP contribution >= 0.6 is 0 Å². The Kier molecular flexibility index (Phi) is 7.56. The lowest BCUT2D eigenvalue weighted by molar-refractivity contribution is -0.117. The van der Waals surface area contributed by atoms with E-state index in [1.54, 1.807) is 44.8 Å². The molecule has 0 bridgehead atoms. The summed E-state index contributed by atoms with van der Waals surface area (Å²) in [6.45, 7) is 0. The number of para-hydroxylation sites is 1. The molecule has 1 atom stereocenters. The van der Waals surface area contributed by atoms with Crippen molar-refractivity contribution in [3.05, 3.63) is 78.2 Å². The van der Waals surface area contributed by atoms with Gasteiger partial charge in [0.2, 0.25) is 11.7 Å². The first kappa shape index (κ1) is 26.6. The quantitative estimate of drug-likeness (QED) is 0.233. The van der Waals surface area contributed by atoms with Gasteiger partial charge in [0, 0.05) is 23.6 Å². The number of amides is 1. The van der Waals surface area contributed by atoms with E-state index in [-0.39, 0.29) is 12.3 Å². The molecule has 208 valence electrons. The molecule has 1 unspecified atom stereocenters. The minimum atomic E-state index is -0.828. The van der Waals surface area contributed by atoms with Crippen molar-refractivity contribution in [2.75, 3.05) is 38.9 Å². The summed E-state index contributed by atoms with van der Waals surface area (Å²) < 4.78 is 27.7. The minimum absolute atomic E-state index is 0.250. The Morgan fingerprint density at radius 3 is 2.35 bits per heavy atom. The molecule has 0 spiro atoms. The molecule has 0 saturated heterocycles. The normalized spacial score (nSPS) is 13.2. The molecule has 4 aromatic rings. The molecule has 11 nitrogen and oxygen atoms in total. The number of anilines is 2. The first-order valence-electron chi connectivity index (χ1n) is 12.5. The average molecular weight is 546 g/mol. The summed E-state index contributed by atoms with van der Waals surface area (Å²) in [5, 5.41) is 5.55. The van der Waals surface area contributed by atoms with Gasteiger partial charge in [-0.2, -0.15) is 5.12 Å². The highest BCUT2D eigenvalue weighted by atomic mass is 16.5. The first-order chi connectivity index (χ1) is 19.4. The number of nitrogens with two attached hydrogens (primary N) is 1. The number of methoxy groups -OCH3 is 4. The molecule has 11 heteroatoms. The second kappa shape index (κ2) is 11.4. The number of rotatable bonds is 10. The van der Waals surface area contributed by atoms with Gasteiger partial charge in [-0.05, 0) is 42.5 Å². The van der Waals surface area contributed by atoms with Crippen LogP contribution in [0, 0.1) is 0 Å². The van der Waals surface area contributed by atoms with Crippen LogP contribution in [0.3, 0.4) is 0 Å². The summed E-state index contributed by atoms with van der Waals surface area (Å²) in [6, 6.07) is 17.8. The monoisotopic (exact) mass is 545 g/mol. The number of hydrogen-bond acceptors (Lipinski definition) is 10. The van der Waals surface area contributed by atoms with Crippen LogP contribution < -0.4 is 46.0 Å². The Morgan fingerprint density at radius 2 is 1.68 bits per heavy atom. The minimum Gasteiger partial charge on any atom is -0.495 e. The van der Waals surface area contributed by atoms with Gasteiger partial charge in [0.05, 0.1) is 51.6 Å². The fourth-order valence-electron chi connectivity index (χ4n) is 4.44. The van der Waals surface area contributed by atoms with Crippen LogP contribution in [-0.4, -0.2) is 40.4 Å². The number of furan rings is 1. The standard InChI is InChI=1S/C29H31N5O6/c1-36-25-10-9-19(34-31-16-23(33-34)18-12-26(37-2)28(39-4)27(13-18)38-3)14-22(25)32-29(35)21(30)15-20-11-17-7-5-6-8-24(17)40-20/h5-14,16,21,31,33H,15,30H2,1-4H3,(H,32,35). The Balaban J connectivity index is 1.30. The largest absolute Gasteiger partial charge is 0.495 e. The van der Waals surface area contributed by atoms with Crippen molar-refractivity contribution in [3.8, 4) is 23.0 Å². The van der Waals surface area contributed by atoms with E-state index in [4.69, 9.17) is 29.1 Å². The van der Waals surface area contributed by atoms with E-state index in [9.17, 15) is 4.79 Å². The zero-order valence-electron chi connectivity index (χ0n) is 22.6. The van der Waals surface area contributed by atoms with Gasteiger partial charge in [-0.25, -0.2) is 0 Å². The number of nitrogens with zero attached hydrogens (tertiary/aromatic N) is 1. The molecule has 0 aliphatic carbocycles. The molecule has 1 aromatic heterocycles. The average Bonchev–Trinajstić information content (AvgIpc) is 3.63. The number of hydrogen-bond donors (Lipinski definition) is 4. The molecule has 5 rings (SSSR count). The predicted octanol–water partition coefficient (Wildman–Crippen LogP) is 3.80. The summed E-state index contributed by atoms with van der Waals surface area (Å²) in [7, 11) is 6.23. The number of hydrazine groups is 2. The van der Waals surface area contributed by atoms with Crippen molar-refractivity contribution in [2.45, 2.75) is 12.5 Å². The van der Waals surface area contributed by atoms with Gasteiger partial charge in [0.25, 0.3) is 0 Å². The van der Waals surface area contributed by atoms with E-state index in [1.165, 1.54) is 7.11 Å². The topological polar surface area (TPSA) is 132 Å². The SMILES string of the molecule is COc1ccc(N2NC=C(c3cc(OC)c(OC)c(OC)c3)N2)cc1NC(=O)C(N)Cc1cc2ccccc2o1. The van der Waals surface area contributed by atoms with E-state index in [0.29, 0.717) is 40.1 Å². The van der Waals surface area contributed by atoms with Crippen molar-refractivity contribution >= 4 is 33.9 Å². The fourth-order valence-corrected chi connectivity index (χ4v) is 4.44. The van der Waals surface area contributed by atoms with Gasteiger partial charge in [0.1, 0.15) is 17.1 Å². The lowest BCUT2D eigenvalue weighted by Crippen LogP contribution is -2.39. The predicted molar refractivity (Wildman–Crippen MR) is 152 cm³/mol. The third-order valence-electron chi connectivity index (χ3n) is 6.48. The van der Waals surface area contributed by atoms with Crippen LogP contribution in [0.2, 0.25) is 0 Å². The highest BCUT2D eigenvalue weighted by Gasteiger charge is 2.22.